The molecule has 0 radical (unpaired) electrons. The second kappa shape index (κ2) is 5.74. The van der Waals surface area contributed by atoms with Crippen LogP contribution in [-0.4, -0.2) is 23.7 Å². The number of benzene rings is 1. The number of aromatic nitrogens is 2. The molecule has 0 amide bonds. The van der Waals surface area contributed by atoms with Crippen LogP contribution in [0, 0.1) is 0 Å². The highest BCUT2D eigenvalue weighted by Crippen LogP contribution is 2.19. The first-order valence-corrected chi connectivity index (χ1v) is 7.67. The number of H-pyrrole nitrogens is 1. The van der Waals surface area contributed by atoms with E-state index in [1.807, 2.05) is 0 Å². The van der Waals surface area contributed by atoms with Gasteiger partial charge in [-0.15, -0.1) is 0 Å². The molecule has 7 heteroatoms. The second-order valence-electron chi connectivity index (χ2n) is 4.62. The topological polar surface area (TPSA) is 95.1 Å². The van der Waals surface area contributed by atoms with Crippen molar-refractivity contribution in [2.75, 3.05) is 0 Å². The molecule has 0 saturated carbocycles. The molecule has 1 aromatic carbocycles. The summed E-state index contributed by atoms with van der Waals surface area (Å²) in [5, 5.41) is 16.0. The Morgan fingerprint density at radius 2 is 2.05 bits per heavy atom. The molecule has 0 saturated heterocycles. The van der Waals surface area contributed by atoms with Gasteiger partial charge in [0.15, 0.2) is 0 Å². The minimum atomic E-state index is -3.64. The number of hydrogen-bond acceptors (Lipinski definition) is 4. The quantitative estimate of drug-likeness (QED) is 0.779. The normalized spacial score (nSPS) is 14.9. The van der Waals surface area contributed by atoms with Gasteiger partial charge in [0.25, 0.3) is 0 Å². The van der Waals surface area contributed by atoms with Gasteiger partial charge in [-0.2, -0.15) is 5.10 Å². The van der Waals surface area contributed by atoms with Gasteiger partial charge in [-0.25, -0.2) is 13.1 Å². The number of aliphatic hydroxyl groups excluding tert-OH is 1. The summed E-state index contributed by atoms with van der Waals surface area (Å²) in [4.78, 5) is 0.131. The molecule has 0 aliphatic carbocycles. The number of nitrogens with zero attached hydrogens (tertiary/aromatic N) is 1. The van der Waals surface area contributed by atoms with Crippen molar-refractivity contribution in [3.8, 4) is 0 Å². The van der Waals surface area contributed by atoms with Crippen molar-refractivity contribution in [1.82, 2.24) is 14.9 Å². The van der Waals surface area contributed by atoms with Crippen LogP contribution in [0.1, 0.15) is 37.1 Å². The lowest BCUT2D eigenvalue weighted by molar-refractivity contribution is 0.199. The molecule has 0 aliphatic rings. The number of sulfonamides is 1. The van der Waals surface area contributed by atoms with E-state index in [4.69, 9.17) is 0 Å². The molecule has 6 nitrogen and oxygen atoms in total. The van der Waals surface area contributed by atoms with Crippen LogP contribution in [0.25, 0.3) is 0 Å². The SMILES string of the molecule is CC(O)c1cccc(S(=O)(=O)NC(C)c2cn[nH]c2)c1. The Bertz CT molecular complexity index is 666. The van der Waals surface area contributed by atoms with Crippen molar-refractivity contribution in [2.24, 2.45) is 0 Å². The largest absolute Gasteiger partial charge is 0.389 e. The van der Waals surface area contributed by atoms with Crippen LogP contribution in [-0.2, 0) is 10.0 Å². The van der Waals surface area contributed by atoms with Crippen molar-refractivity contribution in [1.29, 1.82) is 0 Å². The molecule has 2 aromatic rings. The van der Waals surface area contributed by atoms with Crippen LogP contribution >= 0.6 is 0 Å². The first kappa shape index (κ1) is 14.7. The Labute approximate surface area is 117 Å². The molecule has 1 aromatic heterocycles. The van der Waals surface area contributed by atoms with E-state index in [1.165, 1.54) is 12.1 Å². The van der Waals surface area contributed by atoms with Crippen LogP contribution in [0.2, 0.25) is 0 Å². The fraction of sp³-hybridized carbons (Fsp3) is 0.308. The second-order valence-corrected chi connectivity index (χ2v) is 6.34. The third-order valence-corrected chi connectivity index (χ3v) is 4.54. The maximum Gasteiger partial charge on any atom is 0.241 e. The maximum absolute atomic E-state index is 12.3. The Balaban J connectivity index is 2.24. The molecule has 2 rings (SSSR count). The third-order valence-electron chi connectivity index (χ3n) is 3.00. The standard InChI is InChI=1S/C13H17N3O3S/c1-9(12-7-14-15-8-12)16-20(18,19)13-5-3-4-11(6-13)10(2)17/h3-10,16-17H,1-2H3,(H,14,15). The maximum atomic E-state index is 12.3. The molecule has 20 heavy (non-hydrogen) atoms. The first-order valence-electron chi connectivity index (χ1n) is 6.19. The zero-order valence-electron chi connectivity index (χ0n) is 11.2. The van der Waals surface area contributed by atoms with Gasteiger partial charge in [-0.1, -0.05) is 12.1 Å². The van der Waals surface area contributed by atoms with Gasteiger partial charge in [0.2, 0.25) is 10.0 Å². The number of hydrogen-bond donors (Lipinski definition) is 3. The van der Waals surface area contributed by atoms with Gasteiger partial charge >= 0.3 is 0 Å². The monoisotopic (exact) mass is 295 g/mol. The minimum absolute atomic E-state index is 0.131. The molecule has 0 aliphatic heterocycles. The van der Waals surface area contributed by atoms with Crippen LogP contribution in [0.15, 0.2) is 41.6 Å². The first-order chi connectivity index (χ1) is 9.40. The molecule has 1 heterocycles. The Morgan fingerprint density at radius 3 is 2.65 bits per heavy atom. The van der Waals surface area contributed by atoms with Crippen LogP contribution in [0.4, 0.5) is 0 Å². The number of aliphatic hydroxyl groups is 1. The minimum Gasteiger partial charge on any atom is -0.389 e. The molecule has 3 N–H and O–H groups in total. The third kappa shape index (κ3) is 3.24. The van der Waals surface area contributed by atoms with Crippen molar-refractivity contribution in [3.05, 3.63) is 47.8 Å². The Hall–Kier alpha value is -1.70. The van der Waals surface area contributed by atoms with E-state index in [2.05, 4.69) is 14.9 Å². The molecule has 0 bridgehead atoms. The summed E-state index contributed by atoms with van der Waals surface area (Å²) < 4.78 is 27.2. The van der Waals surface area contributed by atoms with Crippen molar-refractivity contribution in [2.45, 2.75) is 30.9 Å². The van der Waals surface area contributed by atoms with Gasteiger partial charge in [0.1, 0.15) is 0 Å². The predicted octanol–water partition coefficient (Wildman–Crippen LogP) is 1.50. The Morgan fingerprint density at radius 1 is 1.30 bits per heavy atom. The average Bonchev–Trinajstić information content (AvgIpc) is 2.92. The zero-order valence-corrected chi connectivity index (χ0v) is 12.1. The van der Waals surface area contributed by atoms with E-state index in [1.54, 1.807) is 38.4 Å². The van der Waals surface area contributed by atoms with Gasteiger partial charge < -0.3 is 5.11 Å². The molecule has 0 spiro atoms. The highest BCUT2D eigenvalue weighted by Gasteiger charge is 2.19. The lowest BCUT2D eigenvalue weighted by Gasteiger charge is -2.14. The van der Waals surface area contributed by atoms with E-state index in [9.17, 15) is 13.5 Å². The van der Waals surface area contributed by atoms with Crippen molar-refractivity contribution >= 4 is 10.0 Å². The summed E-state index contributed by atoms with van der Waals surface area (Å²) in [6.07, 6.45) is 2.50. The van der Waals surface area contributed by atoms with E-state index in [0.29, 0.717) is 5.56 Å². The van der Waals surface area contributed by atoms with E-state index < -0.39 is 22.2 Å². The summed E-state index contributed by atoms with van der Waals surface area (Å²) in [7, 11) is -3.64. The molecule has 0 fully saturated rings. The van der Waals surface area contributed by atoms with Crippen LogP contribution in [0.5, 0.6) is 0 Å². The molecule has 2 atom stereocenters. The van der Waals surface area contributed by atoms with E-state index in [-0.39, 0.29) is 4.90 Å². The summed E-state index contributed by atoms with van der Waals surface area (Å²) in [5.74, 6) is 0. The number of nitrogens with one attached hydrogen (secondary N) is 2. The highest BCUT2D eigenvalue weighted by molar-refractivity contribution is 7.89. The fourth-order valence-corrected chi connectivity index (χ4v) is 3.09. The van der Waals surface area contributed by atoms with Crippen LogP contribution < -0.4 is 4.72 Å². The average molecular weight is 295 g/mol. The lowest BCUT2D eigenvalue weighted by atomic mass is 10.1. The van der Waals surface area contributed by atoms with Gasteiger partial charge in [0, 0.05) is 17.8 Å². The predicted molar refractivity (Wildman–Crippen MR) is 74.4 cm³/mol. The van der Waals surface area contributed by atoms with E-state index in [0.717, 1.165) is 5.56 Å². The molecular weight excluding hydrogens is 278 g/mol. The summed E-state index contributed by atoms with van der Waals surface area (Å²) >= 11 is 0. The fourth-order valence-electron chi connectivity index (χ4n) is 1.81. The highest BCUT2D eigenvalue weighted by atomic mass is 32.2. The summed E-state index contributed by atoms with van der Waals surface area (Å²) in [6, 6.07) is 5.86. The van der Waals surface area contributed by atoms with Gasteiger partial charge in [0.05, 0.1) is 17.2 Å². The molecular formula is C13H17N3O3S. The van der Waals surface area contributed by atoms with Crippen molar-refractivity contribution in [3.63, 3.8) is 0 Å². The van der Waals surface area contributed by atoms with Crippen molar-refractivity contribution < 1.29 is 13.5 Å². The zero-order chi connectivity index (χ0) is 14.8. The van der Waals surface area contributed by atoms with Gasteiger partial charge in [-0.3, -0.25) is 5.10 Å². The molecule has 2 unspecified atom stereocenters. The summed E-state index contributed by atoms with van der Waals surface area (Å²) in [6.45, 7) is 3.33. The number of rotatable bonds is 5. The Kier molecular flexibility index (Phi) is 4.22. The number of aromatic amines is 1. The lowest BCUT2D eigenvalue weighted by Crippen LogP contribution is -2.26. The summed E-state index contributed by atoms with van der Waals surface area (Å²) in [5.41, 5.74) is 1.31. The smallest absolute Gasteiger partial charge is 0.241 e. The van der Waals surface area contributed by atoms with Crippen LogP contribution in [0.3, 0.4) is 0 Å². The molecule has 108 valence electrons. The van der Waals surface area contributed by atoms with Gasteiger partial charge in [-0.05, 0) is 31.5 Å². The van der Waals surface area contributed by atoms with E-state index >= 15 is 0 Å².